The van der Waals surface area contributed by atoms with E-state index in [1.54, 1.807) is 13.8 Å². The van der Waals surface area contributed by atoms with Crippen molar-refractivity contribution in [3.05, 3.63) is 0 Å². The third kappa shape index (κ3) is 5.36. The van der Waals surface area contributed by atoms with Crippen molar-refractivity contribution in [2.24, 2.45) is 11.3 Å². The first kappa shape index (κ1) is 17.5. The molecule has 0 aliphatic heterocycles. The molecular formula is C15H25NO5. The van der Waals surface area contributed by atoms with Crippen LogP contribution in [0.4, 0.5) is 0 Å². The van der Waals surface area contributed by atoms with E-state index in [9.17, 15) is 14.4 Å². The molecule has 1 fully saturated rings. The number of nitrogens with one attached hydrogen (secondary N) is 1. The van der Waals surface area contributed by atoms with Crippen LogP contribution in [0, 0.1) is 11.3 Å². The number of rotatable bonds is 7. The van der Waals surface area contributed by atoms with Gasteiger partial charge in [-0.25, -0.2) is 4.79 Å². The van der Waals surface area contributed by atoms with Crippen LogP contribution >= 0.6 is 0 Å². The number of carboxylic acid groups (broad SMARTS) is 2. The maximum absolute atomic E-state index is 12.1. The monoisotopic (exact) mass is 299 g/mol. The summed E-state index contributed by atoms with van der Waals surface area (Å²) in [6.45, 7) is 3.46. The van der Waals surface area contributed by atoms with Crippen LogP contribution in [0.5, 0.6) is 0 Å². The summed E-state index contributed by atoms with van der Waals surface area (Å²) in [7, 11) is 0. The van der Waals surface area contributed by atoms with E-state index in [2.05, 4.69) is 5.32 Å². The van der Waals surface area contributed by atoms with Crippen molar-refractivity contribution >= 4 is 17.8 Å². The fraction of sp³-hybridized carbons (Fsp3) is 0.800. The summed E-state index contributed by atoms with van der Waals surface area (Å²) in [5.41, 5.74) is -0.520. The number of carboxylic acids is 2. The molecule has 6 heteroatoms. The highest BCUT2D eigenvalue weighted by molar-refractivity contribution is 5.84. The standard InChI is InChI=1S/C15H25NO5/c1-10(2)13(14(20)21)16-11(17)8-15(9-12(18)19)6-4-3-5-7-15/h10,13H,3-9H2,1-2H3,(H,16,17)(H,18,19)(H,20,21). The summed E-state index contributed by atoms with van der Waals surface area (Å²) < 4.78 is 0. The normalized spacial score (nSPS) is 19.0. The van der Waals surface area contributed by atoms with E-state index in [1.165, 1.54) is 0 Å². The van der Waals surface area contributed by atoms with Crippen molar-refractivity contribution in [2.45, 2.75) is 64.8 Å². The zero-order valence-electron chi connectivity index (χ0n) is 12.7. The van der Waals surface area contributed by atoms with E-state index in [4.69, 9.17) is 10.2 Å². The molecule has 1 saturated carbocycles. The number of aliphatic carboxylic acids is 2. The zero-order chi connectivity index (χ0) is 16.0. The van der Waals surface area contributed by atoms with Crippen molar-refractivity contribution in [1.82, 2.24) is 5.32 Å². The Morgan fingerprint density at radius 1 is 1.05 bits per heavy atom. The number of hydrogen-bond acceptors (Lipinski definition) is 3. The topological polar surface area (TPSA) is 104 Å². The lowest BCUT2D eigenvalue weighted by molar-refractivity contribution is -0.145. The predicted octanol–water partition coefficient (Wildman–Crippen LogP) is 2.03. The van der Waals surface area contributed by atoms with Gasteiger partial charge in [0, 0.05) is 6.42 Å². The second-order valence-electron chi connectivity index (χ2n) is 6.44. The van der Waals surface area contributed by atoms with Crippen LogP contribution < -0.4 is 5.32 Å². The fourth-order valence-corrected chi connectivity index (χ4v) is 3.12. The Morgan fingerprint density at radius 3 is 2.05 bits per heavy atom. The molecule has 3 N–H and O–H groups in total. The van der Waals surface area contributed by atoms with Crippen LogP contribution in [0.2, 0.25) is 0 Å². The maximum Gasteiger partial charge on any atom is 0.326 e. The summed E-state index contributed by atoms with van der Waals surface area (Å²) in [5.74, 6) is -2.54. The molecule has 21 heavy (non-hydrogen) atoms. The van der Waals surface area contributed by atoms with Crippen LogP contribution in [0.3, 0.4) is 0 Å². The van der Waals surface area contributed by atoms with Crippen molar-refractivity contribution in [2.75, 3.05) is 0 Å². The van der Waals surface area contributed by atoms with Crippen molar-refractivity contribution < 1.29 is 24.6 Å². The molecule has 0 saturated heterocycles. The Kier molecular flexibility index (Phi) is 6.18. The van der Waals surface area contributed by atoms with Gasteiger partial charge in [0.05, 0.1) is 6.42 Å². The van der Waals surface area contributed by atoms with E-state index in [0.29, 0.717) is 12.8 Å². The van der Waals surface area contributed by atoms with Crippen LogP contribution in [0.25, 0.3) is 0 Å². The van der Waals surface area contributed by atoms with Crippen molar-refractivity contribution in [3.63, 3.8) is 0 Å². The number of amides is 1. The number of carbonyl (C=O) groups excluding carboxylic acids is 1. The van der Waals surface area contributed by atoms with Gasteiger partial charge >= 0.3 is 11.9 Å². The minimum absolute atomic E-state index is 0.0279. The summed E-state index contributed by atoms with van der Waals surface area (Å²) in [6.07, 6.45) is 4.40. The lowest BCUT2D eigenvalue weighted by atomic mass is 9.69. The minimum atomic E-state index is -1.06. The average Bonchev–Trinajstić information content (AvgIpc) is 2.35. The van der Waals surface area contributed by atoms with Crippen LogP contribution in [0.15, 0.2) is 0 Å². The molecule has 1 amide bonds. The van der Waals surface area contributed by atoms with Gasteiger partial charge in [0.1, 0.15) is 6.04 Å². The van der Waals surface area contributed by atoms with Gasteiger partial charge in [-0.1, -0.05) is 33.1 Å². The third-order valence-corrected chi connectivity index (χ3v) is 4.23. The quantitative estimate of drug-likeness (QED) is 0.667. The Balaban J connectivity index is 2.71. The molecule has 1 rings (SSSR count). The van der Waals surface area contributed by atoms with Crippen molar-refractivity contribution in [1.29, 1.82) is 0 Å². The minimum Gasteiger partial charge on any atom is -0.481 e. The molecule has 0 spiro atoms. The van der Waals surface area contributed by atoms with Gasteiger partial charge in [0.25, 0.3) is 0 Å². The Morgan fingerprint density at radius 2 is 1.62 bits per heavy atom. The fourth-order valence-electron chi connectivity index (χ4n) is 3.12. The maximum atomic E-state index is 12.1. The van der Waals surface area contributed by atoms with Gasteiger partial charge in [-0.05, 0) is 24.2 Å². The van der Waals surface area contributed by atoms with Crippen LogP contribution in [0.1, 0.15) is 58.8 Å². The van der Waals surface area contributed by atoms with Gasteiger partial charge in [0.2, 0.25) is 5.91 Å². The highest BCUT2D eigenvalue weighted by Crippen LogP contribution is 2.42. The molecule has 0 bridgehead atoms. The van der Waals surface area contributed by atoms with E-state index in [-0.39, 0.29) is 24.7 Å². The first-order valence-electron chi connectivity index (χ1n) is 7.50. The number of hydrogen-bond donors (Lipinski definition) is 3. The highest BCUT2D eigenvalue weighted by Gasteiger charge is 2.37. The molecule has 6 nitrogen and oxygen atoms in total. The Hall–Kier alpha value is -1.59. The lowest BCUT2D eigenvalue weighted by Gasteiger charge is -2.36. The van der Waals surface area contributed by atoms with E-state index < -0.39 is 23.4 Å². The molecule has 0 radical (unpaired) electrons. The molecule has 0 aromatic heterocycles. The van der Waals surface area contributed by atoms with Gasteiger partial charge in [0.15, 0.2) is 0 Å². The van der Waals surface area contributed by atoms with Gasteiger partial charge in [-0.15, -0.1) is 0 Å². The van der Waals surface area contributed by atoms with Crippen molar-refractivity contribution in [3.8, 4) is 0 Å². The van der Waals surface area contributed by atoms with Gasteiger partial charge < -0.3 is 15.5 Å². The zero-order valence-corrected chi connectivity index (χ0v) is 12.7. The molecular weight excluding hydrogens is 274 g/mol. The molecule has 120 valence electrons. The molecule has 1 aliphatic rings. The predicted molar refractivity (Wildman–Crippen MR) is 76.8 cm³/mol. The lowest BCUT2D eigenvalue weighted by Crippen LogP contribution is -2.46. The molecule has 0 aromatic carbocycles. The summed E-state index contributed by atoms with van der Waals surface area (Å²) in [4.78, 5) is 34.3. The van der Waals surface area contributed by atoms with Gasteiger partial charge in [-0.3, -0.25) is 9.59 Å². The first-order valence-corrected chi connectivity index (χ1v) is 7.50. The van der Waals surface area contributed by atoms with E-state index in [1.807, 2.05) is 0 Å². The smallest absolute Gasteiger partial charge is 0.326 e. The third-order valence-electron chi connectivity index (χ3n) is 4.23. The summed E-state index contributed by atoms with van der Waals surface area (Å²) in [5, 5.41) is 20.7. The second kappa shape index (κ2) is 7.43. The molecule has 1 aliphatic carbocycles. The molecule has 1 atom stereocenters. The Labute approximate surface area is 124 Å². The average molecular weight is 299 g/mol. The molecule has 0 heterocycles. The largest absolute Gasteiger partial charge is 0.481 e. The van der Waals surface area contributed by atoms with Crippen LogP contribution in [-0.4, -0.2) is 34.1 Å². The van der Waals surface area contributed by atoms with Gasteiger partial charge in [-0.2, -0.15) is 0 Å². The molecule has 0 aromatic rings. The summed E-state index contributed by atoms with van der Waals surface area (Å²) >= 11 is 0. The second-order valence-corrected chi connectivity index (χ2v) is 6.44. The summed E-state index contributed by atoms with van der Waals surface area (Å²) in [6, 6.07) is -0.928. The SMILES string of the molecule is CC(C)C(NC(=O)CC1(CC(=O)O)CCCCC1)C(=O)O. The van der Waals surface area contributed by atoms with E-state index in [0.717, 1.165) is 19.3 Å². The van der Waals surface area contributed by atoms with Crippen LogP contribution in [-0.2, 0) is 14.4 Å². The number of carbonyl (C=O) groups is 3. The first-order chi connectivity index (χ1) is 9.76. The molecule has 1 unspecified atom stereocenters. The van der Waals surface area contributed by atoms with E-state index >= 15 is 0 Å². The Bertz CT molecular complexity index is 399. The highest BCUT2D eigenvalue weighted by atomic mass is 16.4.